The normalized spacial score (nSPS) is 15.2. The van der Waals surface area contributed by atoms with E-state index in [1.165, 1.54) is 10.4 Å². The molecule has 1 aliphatic rings. The van der Waals surface area contributed by atoms with E-state index in [0.29, 0.717) is 24.7 Å². The quantitative estimate of drug-likeness (QED) is 0.626. The largest absolute Gasteiger partial charge is 0.451 e. The maximum Gasteiger partial charge on any atom is 0.350 e. The van der Waals surface area contributed by atoms with Gasteiger partial charge in [0.25, 0.3) is 5.91 Å². The first-order valence-corrected chi connectivity index (χ1v) is 13.0. The number of benzene rings is 1. The molecule has 0 atom stereocenters. The first-order valence-electron chi connectivity index (χ1n) is 9.51. The molecular formula is C20H24N2O5S3. The summed E-state index contributed by atoms with van der Waals surface area (Å²) in [5, 5.41) is 4.23. The van der Waals surface area contributed by atoms with Crippen molar-refractivity contribution < 1.29 is 22.7 Å². The van der Waals surface area contributed by atoms with Crippen molar-refractivity contribution in [1.82, 2.24) is 4.31 Å². The first kappa shape index (κ1) is 22.8. The van der Waals surface area contributed by atoms with Gasteiger partial charge in [-0.25, -0.2) is 13.2 Å². The van der Waals surface area contributed by atoms with Crippen LogP contribution >= 0.6 is 23.1 Å². The molecule has 0 saturated carbocycles. The number of hydrogen-bond donors (Lipinski definition) is 1. The van der Waals surface area contributed by atoms with E-state index in [2.05, 4.69) is 19.2 Å². The van der Waals surface area contributed by atoms with Gasteiger partial charge in [-0.3, -0.25) is 4.79 Å². The Morgan fingerprint density at radius 2 is 1.93 bits per heavy atom. The SMILES string of the molecule is CC(C)c1cccc(NC(=O)COC(=O)c2sccc2S(=O)(=O)N2CCSCC2)c1. The van der Waals surface area contributed by atoms with Gasteiger partial charge in [-0.15, -0.1) is 11.3 Å². The highest BCUT2D eigenvalue weighted by Gasteiger charge is 2.31. The molecule has 0 unspecified atom stereocenters. The molecule has 1 amide bonds. The number of sulfonamides is 1. The summed E-state index contributed by atoms with van der Waals surface area (Å²) < 4.78 is 32.2. The van der Waals surface area contributed by atoms with E-state index in [1.807, 2.05) is 18.2 Å². The van der Waals surface area contributed by atoms with Gasteiger partial charge in [0.2, 0.25) is 10.0 Å². The van der Waals surface area contributed by atoms with Gasteiger partial charge in [0.1, 0.15) is 9.77 Å². The molecule has 0 bridgehead atoms. The second-order valence-electron chi connectivity index (χ2n) is 7.03. The molecule has 30 heavy (non-hydrogen) atoms. The number of amides is 1. The number of rotatable bonds is 7. The maximum atomic E-state index is 12.9. The lowest BCUT2D eigenvalue weighted by Crippen LogP contribution is -2.38. The van der Waals surface area contributed by atoms with Crippen molar-refractivity contribution in [2.45, 2.75) is 24.7 Å². The number of anilines is 1. The van der Waals surface area contributed by atoms with Gasteiger partial charge in [-0.1, -0.05) is 26.0 Å². The van der Waals surface area contributed by atoms with Crippen molar-refractivity contribution in [2.75, 3.05) is 36.5 Å². The molecule has 7 nitrogen and oxygen atoms in total. The summed E-state index contributed by atoms with van der Waals surface area (Å²) in [6.45, 7) is 4.43. The Morgan fingerprint density at radius 3 is 2.63 bits per heavy atom. The zero-order valence-corrected chi connectivity index (χ0v) is 19.2. The molecule has 2 heterocycles. The van der Waals surface area contributed by atoms with Crippen LogP contribution in [-0.2, 0) is 19.6 Å². The average Bonchev–Trinajstić information content (AvgIpc) is 3.24. The highest BCUT2D eigenvalue weighted by Crippen LogP contribution is 2.27. The number of carbonyl (C=O) groups excluding carboxylic acids is 2. The molecule has 1 aliphatic heterocycles. The van der Waals surface area contributed by atoms with Crippen LogP contribution in [0.3, 0.4) is 0 Å². The number of ether oxygens (including phenoxy) is 1. The van der Waals surface area contributed by atoms with Crippen molar-refractivity contribution in [3.63, 3.8) is 0 Å². The molecule has 3 rings (SSSR count). The van der Waals surface area contributed by atoms with E-state index in [0.717, 1.165) is 28.4 Å². The minimum Gasteiger partial charge on any atom is -0.451 e. The minimum atomic E-state index is -3.77. The van der Waals surface area contributed by atoms with Crippen LogP contribution in [0.4, 0.5) is 5.69 Å². The third-order valence-corrected chi connectivity index (χ3v) is 8.48. The zero-order valence-electron chi connectivity index (χ0n) is 16.8. The highest BCUT2D eigenvalue weighted by molar-refractivity contribution is 7.99. The third kappa shape index (κ3) is 5.42. The second kappa shape index (κ2) is 9.95. The van der Waals surface area contributed by atoms with Crippen LogP contribution in [0.2, 0.25) is 0 Å². The molecule has 162 valence electrons. The Hall–Kier alpha value is -1.88. The third-order valence-electron chi connectivity index (χ3n) is 4.57. The van der Waals surface area contributed by atoms with Crippen LogP contribution in [0.25, 0.3) is 0 Å². The van der Waals surface area contributed by atoms with Gasteiger partial charge in [-0.05, 0) is 35.1 Å². The summed E-state index contributed by atoms with van der Waals surface area (Å²) >= 11 is 2.69. The number of thioether (sulfide) groups is 1. The summed E-state index contributed by atoms with van der Waals surface area (Å²) in [7, 11) is -3.77. The second-order valence-corrected chi connectivity index (χ2v) is 11.1. The summed E-state index contributed by atoms with van der Waals surface area (Å²) in [5.74, 6) is 0.458. The Labute approximate surface area is 184 Å². The van der Waals surface area contributed by atoms with E-state index in [1.54, 1.807) is 23.2 Å². The summed E-state index contributed by atoms with van der Waals surface area (Å²) in [5.41, 5.74) is 1.69. The molecule has 1 saturated heterocycles. The predicted octanol–water partition coefficient (Wildman–Crippen LogP) is 3.40. The molecule has 1 N–H and O–H groups in total. The van der Waals surface area contributed by atoms with Gasteiger partial charge >= 0.3 is 5.97 Å². The van der Waals surface area contributed by atoms with E-state index < -0.39 is 28.5 Å². The zero-order chi connectivity index (χ0) is 21.7. The van der Waals surface area contributed by atoms with Gasteiger partial charge < -0.3 is 10.1 Å². The fraction of sp³-hybridized carbons (Fsp3) is 0.400. The number of hydrogen-bond acceptors (Lipinski definition) is 7. The fourth-order valence-corrected chi connectivity index (χ4v) is 6.80. The van der Waals surface area contributed by atoms with Crippen molar-refractivity contribution in [3.8, 4) is 0 Å². The summed E-state index contributed by atoms with van der Waals surface area (Å²) in [4.78, 5) is 24.6. The van der Waals surface area contributed by atoms with Crippen LogP contribution in [0, 0.1) is 0 Å². The fourth-order valence-electron chi connectivity index (χ4n) is 2.94. The van der Waals surface area contributed by atoms with Crippen molar-refractivity contribution in [1.29, 1.82) is 0 Å². The Bertz CT molecular complexity index is 1010. The molecule has 0 radical (unpaired) electrons. The average molecular weight is 469 g/mol. The molecule has 1 fully saturated rings. The highest BCUT2D eigenvalue weighted by atomic mass is 32.2. The van der Waals surface area contributed by atoms with E-state index in [9.17, 15) is 18.0 Å². The number of carbonyl (C=O) groups is 2. The van der Waals surface area contributed by atoms with Crippen molar-refractivity contribution in [2.24, 2.45) is 0 Å². The lowest BCUT2D eigenvalue weighted by Gasteiger charge is -2.25. The van der Waals surface area contributed by atoms with Crippen LogP contribution in [0.15, 0.2) is 40.6 Å². The summed E-state index contributed by atoms with van der Waals surface area (Å²) in [6.07, 6.45) is 0. The van der Waals surface area contributed by atoms with E-state index in [-0.39, 0.29) is 9.77 Å². The lowest BCUT2D eigenvalue weighted by atomic mass is 10.0. The Morgan fingerprint density at radius 1 is 1.20 bits per heavy atom. The molecular weight excluding hydrogens is 444 g/mol. The maximum absolute atomic E-state index is 12.9. The van der Waals surface area contributed by atoms with Crippen molar-refractivity contribution >= 4 is 50.7 Å². The monoisotopic (exact) mass is 468 g/mol. The molecule has 0 aliphatic carbocycles. The van der Waals surface area contributed by atoms with Gasteiger partial charge in [0.05, 0.1) is 0 Å². The predicted molar refractivity (Wildman–Crippen MR) is 120 cm³/mol. The topological polar surface area (TPSA) is 92.8 Å². The molecule has 0 spiro atoms. The lowest BCUT2D eigenvalue weighted by molar-refractivity contribution is -0.119. The van der Waals surface area contributed by atoms with Gasteiger partial charge in [0.15, 0.2) is 6.61 Å². The number of nitrogens with one attached hydrogen (secondary N) is 1. The van der Waals surface area contributed by atoms with E-state index in [4.69, 9.17) is 4.74 Å². The van der Waals surface area contributed by atoms with Crippen LogP contribution in [0.1, 0.15) is 35.0 Å². The number of nitrogens with zero attached hydrogens (tertiary/aromatic N) is 1. The first-order chi connectivity index (χ1) is 14.3. The van der Waals surface area contributed by atoms with Crippen LogP contribution in [0.5, 0.6) is 0 Å². The Balaban J connectivity index is 1.63. The van der Waals surface area contributed by atoms with Crippen molar-refractivity contribution in [3.05, 3.63) is 46.2 Å². The summed E-state index contributed by atoms with van der Waals surface area (Å²) in [6, 6.07) is 8.85. The van der Waals surface area contributed by atoms with Gasteiger partial charge in [-0.2, -0.15) is 16.1 Å². The smallest absolute Gasteiger partial charge is 0.350 e. The number of esters is 1. The molecule has 1 aromatic heterocycles. The molecule has 1 aromatic carbocycles. The molecule has 10 heteroatoms. The van der Waals surface area contributed by atoms with Crippen LogP contribution < -0.4 is 5.32 Å². The number of thiophene rings is 1. The van der Waals surface area contributed by atoms with Crippen LogP contribution in [-0.4, -0.2) is 55.8 Å². The molecule has 2 aromatic rings. The Kier molecular flexibility index (Phi) is 7.56. The standard InChI is InChI=1S/C20H24N2O5S3/c1-14(2)15-4-3-5-16(12-15)21-18(23)13-27-20(24)19-17(6-9-29-19)30(25,26)22-7-10-28-11-8-22/h3-6,9,12,14H,7-8,10-11,13H2,1-2H3,(H,21,23). The van der Waals surface area contributed by atoms with E-state index >= 15 is 0 Å². The minimum absolute atomic E-state index is 0.0113. The van der Waals surface area contributed by atoms with Gasteiger partial charge in [0, 0.05) is 30.3 Å².